The number of pyridine rings is 1. The predicted molar refractivity (Wildman–Crippen MR) is 131 cm³/mol. The average molecular weight is 463 g/mol. The highest BCUT2D eigenvalue weighted by molar-refractivity contribution is 7.10. The first-order chi connectivity index (χ1) is 16.0. The first kappa shape index (κ1) is 22.7. The largest absolute Gasteiger partial charge is 0.347 e. The molecule has 1 unspecified atom stereocenters. The van der Waals surface area contributed by atoms with Crippen molar-refractivity contribution < 1.29 is 4.79 Å². The third kappa shape index (κ3) is 4.96. The van der Waals surface area contributed by atoms with Gasteiger partial charge in [0.1, 0.15) is 6.54 Å². The van der Waals surface area contributed by atoms with E-state index in [0.29, 0.717) is 11.2 Å². The second-order valence-electron chi connectivity index (χ2n) is 8.04. The number of aryl methyl sites for hydroxylation is 1. The van der Waals surface area contributed by atoms with Gasteiger partial charge in [0.2, 0.25) is 5.91 Å². The Morgan fingerprint density at radius 1 is 1.06 bits per heavy atom. The molecule has 3 aromatic heterocycles. The lowest BCUT2D eigenvalue weighted by atomic mass is 10.1. The van der Waals surface area contributed by atoms with E-state index in [2.05, 4.69) is 17.2 Å². The Hall–Kier alpha value is -3.52. The zero-order chi connectivity index (χ0) is 23.4. The standard InChI is InChI=1S/C25H26N4O3S/c1-3-6-19(21-8-5-14-33-21)27-22(30)16-28-20-7-4-13-26-23(20)29(25(32)24(28)31)15-18-11-9-17(2)10-12-18/h4-5,7-14,19H,3,6,15-16H2,1-2H3,(H,27,30). The lowest BCUT2D eigenvalue weighted by molar-refractivity contribution is -0.122. The maximum absolute atomic E-state index is 13.0. The van der Waals surface area contributed by atoms with E-state index in [-0.39, 0.29) is 25.0 Å². The van der Waals surface area contributed by atoms with E-state index in [9.17, 15) is 14.4 Å². The number of aromatic nitrogens is 3. The molecule has 0 saturated carbocycles. The molecule has 33 heavy (non-hydrogen) atoms. The number of nitrogens with zero attached hydrogens (tertiary/aromatic N) is 3. The van der Waals surface area contributed by atoms with Crippen LogP contribution in [0.15, 0.2) is 69.7 Å². The fraction of sp³-hybridized carbons (Fsp3) is 0.280. The molecular weight excluding hydrogens is 436 g/mol. The average Bonchev–Trinajstić information content (AvgIpc) is 3.35. The molecule has 1 amide bonds. The highest BCUT2D eigenvalue weighted by Gasteiger charge is 2.19. The Morgan fingerprint density at radius 2 is 1.82 bits per heavy atom. The van der Waals surface area contributed by atoms with Crippen LogP contribution in [0.4, 0.5) is 0 Å². The van der Waals surface area contributed by atoms with E-state index in [1.54, 1.807) is 29.7 Å². The fourth-order valence-electron chi connectivity index (χ4n) is 3.87. The minimum Gasteiger partial charge on any atom is -0.347 e. The Labute approximate surface area is 195 Å². The summed E-state index contributed by atoms with van der Waals surface area (Å²) < 4.78 is 2.60. The van der Waals surface area contributed by atoms with Gasteiger partial charge in [-0.1, -0.05) is 49.2 Å². The summed E-state index contributed by atoms with van der Waals surface area (Å²) in [7, 11) is 0. The lowest BCUT2D eigenvalue weighted by Crippen LogP contribution is -2.44. The second kappa shape index (κ2) is 9.95. The minimum atomic E-state index is -0.735. The van der Waals surface area contributed by atoms with Gasteiger partial charge in [0, 0.05) is 11.1 Å². The quantitative estimate of drug-likeness (QED) is 0.405. The van der Waals surface area contributed by atoms with Crippen LogP contribution in [0, 0.1) is 6.92 Å². The van der Waals surface area contributed by atoms with Crippen LogP contribution in [-0.2, 0) is 17.9 Å². The number of carbonyl (C=O) groups excluding carboxylic acids is 1. The summed E-state index contributed by atoms with van der Waals surface area (Å²) in [6.07, 6.45) is 3.28. The van der Waals surface area contributed by atoms with Crippen molar-refractivity contribution in [2.75, 3.05) is 0 Å². The van der Waals surface area contributed by atoms with Crippen LogP contribution in [0.25, 0.3) is 11.2 Å². The van der Waals surface area contributed by atoms with E-state index in [1.165, 1.54) is 9.13 Å². The molecule has 7 nitrogen and oxygen atoms in total. The summed E-state index contributed by atoms with van der Waals surface area (Å²) >= 11 is 1.58. The number of hydrogen-bond acceptors (Lipinski definition) is 5. The van der Waals surface area contributed by atoms with Gasteiger partial charge in [-0.2, -0.15) is 0 Å². The van der Waals surface area contributed by atoms with Crippen molar-refractivity contribution in [2.24, 2.45) is 0 Å². The first-order valence-electron chi connectivity index (χ1n) is 10.9. The zero-order valence-electron chi connectivity index (χ0n) is 18.7. The van der Waals surface area contributed by atoms with Gasteiger partial charge >= 0.3 is 11.1 Å². The molecule has 170 valence electrons. The van der Waals surface area contributed by atoms with Crippen molar-refractivity contribution >= 4 is 28.4 Å². The van der Waals surface area contributed by atoms with Gasteiger partial charge in [0.25, 0.3) is 0 Å². The number of hydrogen-bond donors (Lipinski definition) is 1. The summed E-state index contributed by atoms with van der Waals surface area (Å²) in [6, 6.07) is 15.0. The third-order valence-corrected chi connectivity index (χ3v) is 6.53. The fourth-order valence-corrected chi connectivity index (χ4v) is 4.68. The van der Waals surface area contributed by atoms with Crippen LogP contribution >= 0.6 is 11.3 Å². The summed E-state index contributed by atoms with van der Waals surface area (Å²) in [5.74, 6) is -0.315. The van der Waals surface area contributed by atoms with E-state index in [1.807, 2.05) is 48.7 Å². The normalized spacial score (nSPS) is 12.1. The number of rotatable bonds is 8. The third-order valence-electron chi connectivity index (χ3n) is 5.55. The molecule has 0 bridgehead atoms. The molecule has 0 spiro atoms. The molecule has 8 heteroatoms. The number of carbonyl (C=O) groups is 1. The van der Waals surface area contributed by atoms with Gasteiger partial charge in [0.15, 0.2) is 5.65 Å². The molecule has 0 radical (unpaired) electrons. The lowest BCUT2D eigenvalue weighted by Gasteiger charge is -2.18. The monoisotopic (exact) mass is 462 g/mol. The molecule has 4 rings (SSSR count). The highest BCUT2D eigenvalue weighted by Crippen LogP contribution is 2.23. The molecule has 4 aromatic rings. The molecule has 0 saturated heterocycles. The highest BCUT2D eigenvalue weighted by atomic mass is 32.1. The van der Waals surface area contributed by atoms with Crippen molar-refractivity contribution in [3.63, 3.8) is 0 Å². The van der Waals surface area contributed by atoms with Gasteiger partial charge in [-0.3, -0.25) is 23.5 Å². The number of benzene rings is 1. The predicted octanol–water partition coefficient (Wildman–Crippen LogP) is 3.63. The minimum absolute atomic E-state index is 0.121. The van der Waals surface area contributed by atoms with Crippen LogP contribution in [0.5, 0.6) is 0 Å². The smallest absolute Gasteiger partial charge is 0.318 e. The van der Waals surface area contributed by atoms with E-state index in [0.717, 1.165) is 28.8 Å². The topological polar surface area (TPSA) is 86.0 Å². The van der Waals surface area contributed by atoms with Crippen molar-refractivity contribution in [1.29, 1.82) is 0 Å². The van der Waals surface area contributed by atoms with Gasteiger partial charge < -0.3 is 5.32 Å². The molecule has 0 aliphatic carbocycles. The maximum atomic E-state index is 13.0. The number of fused-ring (bicyclic) bond motifs is 1. The zero-order valence-corrected chi connectivity index (χ0v) is 19.5. The number of nitrogens with one attached hydrogen (secondary N) is 1. The molecule has 3 heterocycles. The van der Waals surface area contributed by atoms with Crippen LogP contribution < -0.4 is 16.4 Å². The summed E-state index contributed by atoms with van der Waals surface area (Å²) in [5, 5.41) is 5.00. The Bertz CT molecular complexity index is 1370. The van der Waals surface area contributed by atoms with E-state index < -0.39 is 11.1 Å². The van der Waals surface area contributed by atoms with Gasteiger partial charge in [0.05, 0.1) is 18.1 Å². The van der Waals surface area contributed by atoms with Crippen molar-refractivity contribution in [3.8, 4) is 0 Å². The van der Waals surface area contributed by atoms with Gasteiger partial charge in [-0.25, -0.2) is 4.98 Å². The number of amides is 1. The summed E-state index contributed by atoms with van der Waals surface area (Å²) in [6.45, 7) is 4.03. The molecular formula is C25H26N4O3S. The maximum Gasteiger partial charge on any atom is 0.318 e. The molecule has 0 aliphatic rings. The van der Waals surface area contributed by atoms with Crippen LogP contribution in [-0.4, -0.2) is 20.0 Å². The number of thiophene rings is 1. The van der Waals surface area contributed by atoms with E-state index >= 15 is 0 Å². The molecule has 0 fully saturated rings. The first-order valence-corrected chi connectivity index (χ1v) is 11.8. The molecule has 1 atom stereocenters. The van der Waals surface area contributed by atoms with Gasteiger partial charge in [-0.05, 0) is 42.5 Å². The summed E-state index contributed by atoms with van der Waals surface area (Å²) in [5.41, 5.74) is 1.40. The SMILES string of the molecule is CCCC(NC(=O)Cn1c(=O)c(=O)n(Cc2ccc(C)cc2)c2ncccc21)c1cccs1. The van der Waals surface area contributed by atoms with Crippen LogP contribution in [0.2, 0.25) is 0 Å². The van der Waals surface area contributed by atoms with E-state index in [4.69, 9.17) is 0 Å². The molecule has 1 aromatic carbocycles. The second-order valence-corrected chi connectivity index (χ2v) is 9.02. The Kier molecular flexibility index (Phi) is 6.84. The van der Waals surface area contributed by atoms with Crippen molar-refractivity contribution in [3.05, 3.63) is 96.8 Å². The Balaban J connectivity index is 1.68. The molecule has 0 aliphatic heterocycles. The summed E-state index contributed by atoms with van der Waals surface area (Å²) in [4.78, 5) is 44.4. The van der Waals surface area contributed by atoms with Crippen LogP contribution in [0.3, 0.4) is 0 Å². The molecule has 1 N–H and O–H groups in total. The van der Waals surface area contributed by atoms with Crippen molar-refractivity contribution in [2.45, 2.75) is 45.8 Å². The van der Waals surface area contributed by atoms with Crippen molar-refractivity contribution in [1.82, 2.24) is 19.4 Å². The Morgan fingerprint density at radius 3 is 2.52 bits per heavy atom. The van der Waals surface area contributed by atoms with Gasteiger partial charge in [-0.15, -0.1) is 11.3 Å². The van der Waals surface area contributed by atoms with Crippen LogP contribution in [0.1, 0.15) is 41.8 Å².